The molecular weight excluding hydrogens is 333 g/mol. The van der Waals surface area contributed by atoms with Gasteiger partial charge >= 0.3 is 6.18 Å². The number of carbonyl (C=O) groups excluding carboxylic acids is 1. The monoisotopic (exact) mass is 350 g/mol. The first kappa shape index (κ1) is 17.7. The lowest BCUT2D eigenvalue weighted by Crippen LogP contribution is -2.37. The maximum Gasteiger partial charge on any atom is 0.393 e. The van der Waals surface area contributed by atoms with Crippen molar-refractivity contribution in [3.05, 3.63) is 18.3 Å². The lowest BCUT2D eigenvalue weighted by molar-refractivity contribution is -0.170. The van der Waals surface area contributed by atoms with Crippen molar-refractivity contribution in [2.45, 2.75) is 23.7 Å². The van der Waals surface area contributed by atoms with Crippen LogP contribution in [0.25, 0.3) is 0 Å². The minimum Gasteiger partial charge on any atom is -0.325 e. The Morgan fingerprint density at radius 2 is 2.17 bits per heavy atom. The summed E-state index contributed by atoms with van der Waals surface area (Å²) in [5, 5.41) is 2.50. The fourth-order valence-corrected chi connectivity index (χ4v) is 3.08. The van der Waals surface area contributed by atoms with Crippen LogP contribution in [0.2, 0.25) is 0 Å². The van der Waals surface area contributed by atoms with E-state index in [1.165, 1.54) is 36.5 Å². The molecule has 1 saturated heterocycles. The molecule has 1 aliphatic heterocycles. The molecule has 6 nitrogen and oxygen atoms in total. The van der Waals surface area contributed by atoms with E-state index in [0.717, 1.165) is 0 Å². The second-order valence-corrected chi connectivity index (χ2v) is 7.75. The van der Waals surface area contributed by atoms with Crippen LogP contribution in [0.1, 0.15) is 6.42 Å². The zero-order chi connectivity index (χ0) is 17.4. The number of halogens is 3. The van der Waals surface area contributed by atoms with Crippen LogP contribution in [-0.4, -0.2) is 52.1 Å². The second-order valence-electron chi connectivity index (χ2n) is 5.65. The number of alkyl halides is 3. The third kappa shape index (κ3) is 4.20. The lowest BCUT2D eigenvalue weighted by atomic mass is 10.0. The van der Waals surface area contributed by atoms with Crippen LogP contribution >= 0.6 is 0 Å². The third-order valence-corrected chi connectivity index (χ3v) is 4.74. The van der Waals surface area contributed by atoms with Gasteiger partial charge < -0.3 is 5.32 Å². The first-order valence-corrected chi connectivity index (χ1v) is 8.73. The molecule has 2 rings (SSSR count). The number of likely N-dealkylation sites (N-methyl/N-ethyl adjacent to an activating group) is 1. The number of carbonyl (C=O) groups is 1. The molecule has 0 aliphatic carbocycles. The molecule has 1 fully saturated rings. The number of amides is 1. The minimum absolute atomic E-state index is 0.00300. The van der Waals surface area contributed by atoms with E-state index in [2.05, 4.69) is 10.3 Å². The van der Waals surface area contributed by atoms with Crippen molar-refractivity contribution in [2.24, 2.45) is 5.92 Å². The van der Waals surface area contributed by atoms with Gasteiger partial charge in [0.2, 0.25) is 5.91 Å². The van der Waals surface area contributed by atoms with Gasteiger partial charge in [-0.3, -0.25) is 9.69 Å². The quantitative estimate of drug-likeness (QED) is 0.872. The molecule has 0 aromatic carbocycles. The van der Waals surface area contributed by atoms with Crippen molar-refractivity contribution in [1.29, 1.82) is 4.78 Å². The van der Waals surface area contributed by atoms with Crippen molar-refractivity contribution in [2.75, 3.05) is 25.2 Å². The lowest BCUT2D eigenvalue weighted by Gasteiger charge is -2.18. The van der Waals surface area contributed by atoms with Crippen LogP contribution in [0.4, 0.5) is 18.9 Å². The summed E-state index contributed by atoms with van der Waals surface area (Å²) in [6, 6.07) is 1.84. The van der Waals surface area contributed by atoms with Crippen molar-refractivity contribution in [3.63, 3.8) is 0 Å². The molecule has 2 unspecified atom stereocenters. The molecule has 10 heteroatoms. The highest BCUT2D eigenvalue weighted by Crippen LogP contribution is 2.36. The van der Waals surface area contributed by atoms with E-state index in [1.807, 2.05) is 0 Å². The maximum atomic E-state index is 12.8. The van der Waals surface area contributed by atoms with Crippen LogP contribution < -0.4 is 5.32 Å². The number of hydrogen-bond acceptors (Lipinski definition) is 5. The van der Waals surface area contributed by atoms with E-state index in [1.54, 1.807) is 0 Å². The van der Waals surface area contributed by atoms with Gasteiger partial charge in [0.25, 0.3) is 0 Å². The molecule has 0 radical (unpaired) electrons. The smallest absolute Gasteiger partial charge is 0.325 e. The van der Waals surface area contributed by atoms with Crippen LogP contribution in [-0.2, 0) is 14.5 Å². The number of nitrogens with zero attached hydrogens (tertiary/aromatic N) is 2. The van der Waals surface area contributed by atoms with Crippen molar-refractivity contribution >= 4 is 21.3 Å². The summed E-state index contributed by atoms with van der Waals surface area (Å²) in [6.45, 7) is -0.224. The van der Waals surface area contributed by atoms with Gasteiger partial charge in [-0.1, -0.05) is 0 Å². The molecule has 128 valence electrons. The Hall–Kier alpha value is -1.68. The largest absolute Gasteiger partial charge is 0.393 e. The number of rotatable bonds is 3. The number of pyridine rings is 1. The SMILES string of the molecule is CN1CC(C(F)(F)F)CC1C(=O)Nc1ccnc([S@](C)(=N)=O)c1. The van der Waals surface area contributed by atoms with Crippen molar-refractivity contribution < 1.29 is 22.2 Å². The van der Waals surface area contributed by atoms with Crippen molar-refractivity contribution in [3.8, 4) is 0 Å². The molecule has 1 aliphatic rings. The third-order valence-electron chi connectivity index (χ3n) is 3.72. The molecule has 23 heavy (non-hydrogen) atoms. The topological polar surface area (TPSA) is 86.2 Å². The molecule has 3 atom stereocenters. The predicted molar refractivity (Wildman–Crippen MR) is 78.5 cm³/mol. The highest BCUT2D eigenvalue weighted by molar-refractivity contribution is 7.91. The zero-order valence-corrected chi connectivity index (χ0v) is 13.4. The Balaban J connectivity index is 2.11. The summed E-state index contributed by atoms with van der Waals surface area (Å²) in [7, 11) is -1.57. The summed E-state index contributed by atoms with van der Waals surface area (Å²) in [4.78, 5) is 17.4. The van der Waals surface area contributed by atoms with Gasteiger partial charge in [-0.25, -0.2) is 14.0 Å². The summed E-state index contributed by atoms with van der Waals surface area (Å²) in [6.07, 6.45) is -2.14. The molecule has 1 amide bonds. The number of nitrogens with one attached hydrogen (secondary N) is 2. The molecule has 0 bridgehead atoms. The van der Waals surface area contributed by atoms with Gasteiger partial charge in [-0.2, -0.15) is 13.2 Å². The standard InChI is InChI=1S/C13H17F3N4O2S/c1-20-7-8(13(14,15)16)5-10(20)12(21)19-9-3-4-18-11(6-9)23(2,17)22/h3-4,6,8,10,17H,5,7H2,1-2H3,(H,18,19,21)/t8?,10?,23-/m1/s1. The average molecular weight is 350 g/mol. The van der Waals surface area contributed by atoms with E-state index in [9.17, 15) is 22.2 Å². The van der Waals surface area contributed by atoms with Gasteiger partial charge in [-0.05, 0) is 25.6 Å². The highest BCUT2D eigenvalue weighted by Gasteiger charge is 2.48. The van der Waals surface area contributed by atoms with Crippen molar-refractivity contribution in [1.82, 2.24) is 9.88 Å². The van der Waals surface area contributed by atoms with E-state index < -0.39 is 33.8 Å². The molecule has 2 N–H and O–H groups in total. The van der Waals surface area contributed by atoms with Gasteiger partial charge in [0.05, 0.1) is 21.7 Å². The molecule has 0 spiro atoms. The van der Waals surface area contributed by atoms with E-state index >= 15 is 0 Å². The fourth-order valence-electron chi connectivity index (χ4n) is 2.47. The second kappa shape index (κ2) is 6.08. The van der Waals surface area contributed by atoms with Crippen LogP contribution in [0.5, 0.6) is 0 Å². The van der Waals surface area contributed by atoms with Crippen LogP contribution in [0, 0.1) is 10.7 Å². The van der Waals surface area contributed by atoms with Crippen LogP contribution in [0.3, 0.4) is 0 Å². The molecule has 1 aromatic heterocycles. The van der Waals surface area contributed by atoms with E-state index in [-0.39, 0.29) is 23.7 Å². The number of likely N-dealkylation sites (tertiary alicyclic amines) is 1. The van der Waals surface area contributed by atoms with Gasteiger partial charge in [0.15, 0.2) is 0 Å². The highest BCUT2D eigenvalue weighted by atomic mass is 32.2. The summed E-state index contributed by atoms with van der Waals surface area (Å²) >= 11 is 0. The van der Waals surface area contributed by atoms with E-state index in [0.29, 0.717) is 0 Å². The minimum atomic E-state index is -4.33. The predicted octanol–water partition coefficient (Wildman–Crippen LogP) is 1.94. The Morgan fingerprint density at radius 1 is 1.52 bits per heavy atom. The van der Waals surface area contributed by atoms with Gasteiger partial charge in [-0.15, -0.1) is 0 Å². The average Bonchev–Trinajstić information content (AvgIpc) is 2.80. The van der Waals surface area contributed by atoms with E-state index in [4.69, 9.17) is 4.78 Å². The Kier molecular flexibility index (Phi) is 4.67. The fraction of sp³-hybridized carbons (Fsp3) is 0.538. The summed E-state index contributed by atoms with van der Waals surface area (Å²) in [5.74, 6) is -2.09. The zero-order valence-electron chi connectivity index (χ0n) is 12.6. The summed E-state index contributed by atoms with van der Waals surface area (Å²) in [5.41, 5.74) is 0.255. The molecule has 1 aromatic rings. The first-order chi connectivity index (χ1) is 10.5. The molecular formula is C13H17F3N4O2S. The van der Waals surface area contributed by atoms with Gasteiger partial charge in [0, 0.05) is 24.7 Å². The molecule has 0 saturated carbocycles. The Bertz CT molecular complexity index is 705. The number of hydrogen-bond donors (Lipinski definition) is 2. The maximum absolute atomic E-state index is 12.8. The normalized spacial score (nSPS) is 25.1. The number of anilines is 1. The van der Waals surface area contributed by atoms with Gasteiger partial charge in [0.1, 0.15) is 5.03 Å². The van der Waals surface area contributed by atoms with Crippen LogP contribution in [0.15, 0.2) is 23.4 Å². The Labute approximate surface area is 132 Å². The number of aromatic nitrogens is 1. The first-order valence-electron chi connectivity index (χ1n) is 6.76. The summed E-state index contributed by atoms with van der Waals surface area (Å²) < 4.78 is 57.4. The molecule has 2 heterocycles. The Morgan fingerprint density at radius 3 is 2.70 bits per heavy atom.